The highest BCUT2D eigenvalue weighted by atomic mass is 32.1. The summed E-state index contributed by atoms with van der Waals surface area (Å²) in [5, 5.41) is 10.9. The number of nitrogens with one attached hydrogen (secondary N) is 1. The van der Waals surface area contributed by atoms with Crippen molar-refractivity contribution in [1.29, 1.82) is 0 Å². The smallest absolute Gasteiger partial charge is 0.216 e. The molecular weight excluding hydrogens is 280 g/mol. The molecule has 0 radical (unpaired) electrons. The molecule has 110 valence electrons. The van der Waals surface area contributed by atoms with E-state index >= 15 is 0 Å². The van der Waals surface area contributed by atoms with Gasteiger partial charge >= 0.3 is 0 Å². The van der Waals surface area contributed by atoms with Crippen LogP contribution in [-0.2, 0) is 0 Å². The minimum atomic E-state index is 0.499. The van der Waals surface area contributed by atoms with Crippen molar-refractivity contribution in [3.8, 4) is 0 Å². The number of benzene rings is 1. The summed E-state index contributed by atoms with van der Waals surface area (Å²) >= 11 is 5.08. The molecular formula is C16H20N4S. The molecule has 0 bridgehead atoms. The Morgan fingerprint density at radius 1 is 1.33 bits per heavy atom. The molecule has 0 aliphatic rings. The number of unbranched alkanes of at least 4 members (excludes halogenated alkanes) is 2. The Balaban J connectivity index is 2.16. The van der Waals surface area contributed by atoms with Crippen LogP contribution in [0.4, 0.5) is 0 Å². The zero-order valence-electron chi connectivity index (χ0n) is 12.2. The molecule has 0 fully saturated rings. The normalized spacial score (nSPS) is 12.1. The topological polar surface area (TPSA) is 46.0 Å². The van der Waals surface area contributed by atoms with Gasteiger partial charge in [-0.3, -0.25) is 5.10 Å². The maximum atomic E-state index is 5.08. The quantitative estimate of drug-likeness (QED) is 0.467. The van der Waals surface area contributed by atoms with Crippen LogP contribution >= 0.6 is 12.2 Å². The van der Waals surface area contributed by atoms with Crippen molar-refractivity contribution in [3.63, 3.8) is 0 Å². The van der Waals surface area contributed by atoms with Gasteiger partial charge in [0.15, 0.2) is 0 Å². The van der Waals surface area contributed by atoms with Crippen molar-refractivity contribution < 1.29 is 0 Å². The first-order valence-corrected chi connectivity index (χ1v) is 7.62. The van der Waals surface area contributed by atoms with E-state index < -0.39 is 0 Å². The molecule has 0 aliphatic heterocycles. The molecule has 0 saturated heterocycles. The van der Waals surface area contributed by atoms with Crippen LogP contribution in [0.2, 0.25) is 0 Å². The van der Waals surface area contributed by atoms with E-state index in [2.05, 4.69) is 40.4 Å². The summed E-state index contributed by atoms with van der Waals surface area (Å²) in [6, 6.07) is 10.3. The van der Waals surface area contributed by atoms with Crippen molar-refractivity contribution in [2.24, 2.45) is 5.10 Å². The van der Waals surface area contributed by atoms with Gasteiger partial charge in [-0.2, -0.15) is 14.9 Å². The van der Waals surface area contributed by atoms with Crippen LogP contribution in [0, 0.1) is 4.77 Å². The lowest BCUT2D eigenvalue weighted by molar-refractivity contribution is 0.723. The number of rotatable bonds is 7. The van der Waals surface area contributed by atoms with E-state index in [-0.39, 0.29) is 0 Å². The molecule has 1 aromatic carbocycles. The lowest BCUT2D eigenvalue weighted by atomic mass is 10.1. The zero-order valence-corrected chi connectivity index (χ0v) is 13.0. The third kappa shape index (κ3) is 5.11. The Kier molecular flexibility index (Phi) is 6.09. The second kappa shape index (κ2) is 8.32. The highest BCUT2D eigenvalue weighted by Gasteiger charge is 1.97. The summed E-state index contributed by atoms with van der Waals surface area (Å²) in [6.07, 6.45) is 10.2. The third-order valence-corrected chi connectivity index (χ3v) is 3.38. The highest BCUT2D eigenvalue weighted by Crippen LogP contribution is 2.12. The number of allylic oxidation sites excluding steroid dienone is 1. The van der Waals surface area contributed by atoms with Crippen molar-refractivity contribution in [3.05, 3.63) is 52.6 Å². The molecule has 0 saturated carbocycles. The van der Waals surface area contributed by atoms with Gasteiger partial charge in [0.25, 0.3) is 0 Å². The van der Waals surface area contributed by atoms with Gasteiger partial charge in [0.2, 0.25) is 4.77 Å². The van der Waals surface area contributed by atoms with E-state index in [1.807, 2.05) is 24.4 Å². The summed E-state index contributed by atoms with van der Waals surface area (Å²) in [6.45, 7) is 2.21. The molecule has 1 aromatic heterocycles. The predicted molar refractivity (Wildman–Crippen MR) is 89.9 cm³/mol. The summed E-state index contributed by atoms with van der Waals surface area (Å²) in [7, 11) is 0. The van der Waals surface area contributed by atoms with Crippen LogP contribution in [0.5, 0.6) is 0 Å². The molecule has 2 rings (SSSR count). The molecule has 2 aromatic rings. The fraction of sp³-hybridized carbons (Fsp3) is 0.312. The summed E-state index contributed by atoms with van der Waals surface area (Å²) < 4.78 is 2.06. The molecule has 5 heteroatoms. The van der Waals surface area contributed by atoms with Gasteiger partial charge in [0.1, 0.15) is 6.33 Å². The Bertz CT molecular complexity index is 652. The van der Waals surface area contributed by atoms with Crippen molar-refractivity contribution in [2.75, 3.05) is 0 Å². The van der Waals surface area contributed by atoms with Crippen molar-refractivity contribution >= 4 is 24.5 Å². The maximum absolute atomic E-state index is 5.08. The van der Waals surface area contributed by atoms with Gasteiger partial charge in [-0.15, -0.1) is 0 Å². The first kappa shape index (κ1) is 15.4. The largest absolute Gasteiger partial charge is 0.250 e. The second-order valence-electron chi connectivity index (χ2n) is 4.84. The maximum Gasteiger partial charge on any atom is 0.216 e. The van der Waals surface area contributed by atoms with Crippen LogP contribution in [0.15, 0.2) is 47.3 Å². The first-order valence-electron chi connectivity index (χ1n) is 7.21. The lowest BCUT2D eigenvalue weighted by Gasteiger charge is -2.02. The molecule has 0 amide bonds. The zero-order chi connectivity index (χ0) is 14.9. The average Bonchev–Trinajstić information content (AvgIpc) is 2.91. The Hall–Kier alpha value is -2.01. The molecule has 0 atom stereocenters. The second-order valence-corrected chi connectivity index (χ2v) is 5.22. The number of hydrogen-bond acceptors (Lipinski definition) is 3. The van der Waals surface area contributed by atoms with E-state index in [9.17, 15) is 0 Å². The van der Waals surface area contributed by atoms with Gasteiger partial charge in [0, 0.05) is 0 Å². The minimum absolute atomic E-state index is 0.499. The standard InChI is InChI=1S/C16H20N4S/c1-2-3-5-10-15(11-14-8-6-4-7-9-14)12-18-20-13-17-19-16(20)21/h4,6-9,11-13H,2-3,5,10H2,1H3,(H,19,21)/b15-11+,18-12-. The third-order valence-electron chi connectivity index (χ3n) is 3.10. The molecule has 4 nitrogen and oxygen atoms in total. The minimum Gasteiger partial charge on any atom is -0.250 e. The number of hydrogen-bond donors (Lipinski definition) is 1. The molecule has 0 aliphatic carbocycles. The van der Waals surface area contributed by atoms with Gasteiger partial charge in [-0.05, 0) is 36.2 Å². The molecule has 1 heterocycles. The van der Waals surface area contributed by atoms with Crippen LogP contribution in [0.25, 0.3) is 6.08 Å². The number of nitrogens with zero attached hydrogens (tertiary/aromatic N) is 3. The highest BCUT2D eigenvalue weighted by molar-refractivity contribution is 7.71. The summed E-state index contributed by atoms with van der Waals surface area (Å²) in [5.41, 5.74) is 2.38. The van der Waals surface area contributed by atoms with Crippen LogP contribution in [-0.4, -0.2) is 21.1 Å². The number of aromatic nitrogens is 3. The van der Waals surface area contributed by atoms with Crippen LogP contribution in [0.3, 0.4) is 0 Å². The number of H-pyrrole nitrogens is 1. The van der Waals surface area contributed by atoms with E-state index in [4.69, 9.17) is 12.2 Å². The van der Waals surface area contributed by atoms with E-state index in [0.717, 1.165) is 12.8 Å². The Morgan fingerprint density at radius 2 is 2.14 bits per heavy atom. The van der Waals surface area contributed by atoms with E-state index in [1.54, 1.807) is 11.0 Å². The number of aromatic amines is 1. The fourth-order valence-electron chi connectivity index (χ4n) is 1.98. The average molecular weight is 300 g/mol. The van der Waals surface area contributed by atoms with Gasteiger partial charge in [-0.25, -0.2) is 0 Å². The molecule has 1 N–H and O–H groups in total. The Labute approximate surface area is 130 Å². The van der Waals surface area contributed by atoms with Crippen molar-refractivity contribution in [1.82, 2.24) is 14.9 Å². The molecule has 21 heavy (non-hydrogen) atoms. The van der Waals surface area contributed by atoms with E-state index in [0.29, 0.717) is 4.77 Å². The van der Waals surface area contributed by atoms with Crippen LogP contribution < -0.4 is 0 Å². The van der Waals surface area contributed by atoms with Gasteiger partial charge < -0.3 is 0 Å². The first-order chi connectivity index (χ1) is 10.3. The molecule has 0 unspecified atom stereocenters. The summed E-state index contributed by atoms with van der Waals surface area (Å²) in [4.78, 5) is 0. The lowest BCUT2D eigenvalue weighted by Crippen LogP contribution is -1.92. The van der Waals surface area contributed by atoms with Crippen molar-refractivity contribution in [2.45, 2.75) is 32.6 Å². The van der Waals surface area contributed by atoms with E-state index in [1.165, 1.54) is 24.0 Å². The van der Waals surface area contributed by atoms with Crippen LogP contribution in [0.1, 0.15) is 38.2 Å². The predicted octanol–water partition coefficient (Wildman–Crippen LogP) is 4.44. The van der Waals surface area contributed by atoms with Gasteiger partial charge in [0.05, 0.1) is 6.21 Å². The Morgan fingerprint density at radius 3 is 2.81 bits per heavy atom. The summed E-state index contributed by atoms with van der Waals surface area (Å²) in [5.74, 6) is 0. The SMILES string of the molecule is CCCCCC(/C=N\n1cn[nH]c1=S)=C\c1ccccc1. The monoisotopic (exact) mass is 300 g/mol. The molecule has 0 spiro atoms. The van der Waals surface area contributed by atoms with Gasteiger partial charge in [-0.1, -0.05) is 56.2 Å². The fourth-order valence-corrected chi connectivity index (χ4v) is 2.12.